The molecule has 7 heteroatoms. The molecule has 1 aliphatic rings. The van der Waals surface area contributed by atoms with Crippen LogP contribution in [0.3, 0.4) is 0 Å². The van der Waals surface area contributed by atoms with Crippen LogP contribution >= 0.6 is 11.8 Å². The van der Waals surface area contributed by atoms with Crippen molar-refractivity contribution in [3.8, 4) is 0 Å². The van der Waals surface area contributed by atoms with Crippen LogP contribution in [-0.4, -0.2) is 17.6 Å². The lowest BCUT2D eigenvalue weighted by Gasteiger charge is -2.11. The van der Waals surface area contributed by atoms with Crippen LogP contribution in [0, 0.1) is 0 Å². The number of nitrogens with one attached hydrogen (secondary N) is 1. The molecule has 4 nitrogen and oxygen atoms in total. The SMILES string of the molecule is O=C(C[C@H]1OC(=O)c2ccccc21)Nc1cccc(SC(F)F)c1. The van der Waals surface area contributed by atoms with Gasteiger partial charge in [0.25, 0.3) is 5.76 Å². The molecule has 1 aliphatic heterocycles. The molecule has 1 atom stereocenters. The highest BCUT2D eigenvalue weighted by Crippen LogP contribution is 2.33. The zero-order chi connectivity index (χ0) is 17.1. The number of alkyl halides is 2. The Morgan fingerprint density at radius 1 is 1.21 bits per heavy atom. The van der Waals surface area contributed by atoms with Gasteiger partial charge in [0.05, 0.1) is 12.0 Å². The first-order valence-corrected chi connectivity index (χ1v) is 8.05. The lowest BCUT2D eigenvalue weighted by atomic mass is 10.0. The minimum absolute atomic E-state index is 0.0328. The molecular weight excluding hydrogens is 336 g/mol. The van der Waals surface area contributed by atoms with E-state index >= 15 is 0 Å². The molecule has 0 saturated heterocycles. The summed E-state index contributed by atoms with van der Waals surface area (Å²) in [5.41, 5.74) is 1.56. The summed E-state index contributed by atoms with van der Waals surface area (Å²) in [6.45, 7) is 0. The average molecular weight is 349 g/mol. The number of hydrogen-bond donors (Lipinski definition) is 1. The number of anilines is 1. The summed E-state index contributed by atoms with van der Waals surface area (Å²) in [7, 11) is 0. The third kappa shape index (κ3) is 3.73. The molecule has 0 aliphatic carbocycles. The van der Waals surface area contributed by atoms with E-state index in [1.807, 2.05) is 0 Å². The molecule has 0 bridgehead atoms. The van der Waals surface area contributed by atoms with Crippen molar-refractivity contribution in [1.82, 2.24) is 0 Å². The third-order valence-electron chi connectivity index (χ3n) is 3.49. The van der Waals surface area contributed by atoms with Gasteiger partial charge in [0.1, 0.15) is 6.10 Å². The second-order valence-corrected chi connectivity index (χ2v) is 6.20. The smallest absolute Gasteiger partial charge is 0.339 e. The third-order valence-corrected chi connectivity index (χ3v) is 4.19. The summed E-state index contributed by atoms with van der Waals surface area (Å²) in [4.78, 5) is 24.3. The molecule has 1 N–H and O–H groups in total. The van der Waals surface area contributed by atoms with Gasteiger partial charge in [0.15, 0.2) is 0 Å². The van der Waals surface area contributed by atoms with Crippen molar-refractivity contribution < 1.29 is 23.1 Å². The first-order chi connectivity index (χ1) is 11.5. The van der Waals surface area contributed by atoms with Gasteiger partial charge in [-0.15, -0.1) is 0 Å². The van der Waals surface area contributed by atoms with Gasteiger partial charge in [-0.25, -0.2) is 4.79 Å². The molecule has 1 amide bonds. The van der Waals surface area contributed by atoms with Gasteiger partial charge in [-0.3, -0.25) is 4.79 Å². The van der Waals surface area contributed by atoms with Crippen molar-refractivity contribution in [3.63, 3.8) is 0 Å². The van der Waals surface area contributed by atoms with E-state index < -0.39 is 17.8 Å². The first kappa shape index (κ1) is 16.4. The number of esters is 1. The Bertz CT molecular complexity index is 782. The van der Waals surface area contributed by atoms with Gasteiger partial charge in [-0.2, -0.15) is 8.78 Å². The summed E-state index contributed by atoms with van der Waals surface area (Å²) in [6, 6.07) is 13.1. The number of hydrogen-bond acceptors (Lipinski definition) is 4. The molecule has 124 valence electrons. The maximum atomic E-state index is 12.4. The average Bonchev–Trinajstić information content (AvgIpc) is 2.83. The van der Waals surface area contributed by atoms with Crippen molar-refractivity contribution in [1.29, 1.82) is 0 Å². The number of halogens is 2. The highest BCUT2D eigenvalue weighted by molar-refractivity contribution is 7.99. The molecular formula is C17H13F2NO3S. The summed E-state index contributed by atoms with van der Waals surface area (Å²) < 4.78 is 30.0. The molecule has 0 aromatic heterocycles. The Hall–Kier alpha value is -2.41. The molecule has 2 aromatic carbocycles. The van der Waals surface area contributed by atoms with Gasteiger partial charge >= 0.3 is 5.97 Å². The summed E-state index contributed by atoms with van der Waals surface area (Å²) in [6.07, 6.45) is -0.665. The highest BCUT2D eigenvalue weighted by Gasteiger charge is 2.32. The topological polar surface area (TPSA) is 55.4 Å². The number of benzene rings is 2. The molecule has 0 fully saturated rings. The summed E-state index contributed by atoms with van der Waals surface area (Å²) in [5, 5.41) is 2.64. The van der Waals surface area contributed by atoms with Crippen LogP contribution in [0.1, 0.15) is 28.4 Å². The normalized spacial score (nSPS) is 16.0. The number of carbonyl (C=O) groups excluding carboxylic acids is 2. The predicted molar refractivity (Wildman–Crippen MR) is 86.1 cm³/mol. The summed E-state index contributed by atoms with van der Waals surface area (Å²) >= 11 is 0.410. The van der Waals surface area contributed by atoms with E-state index in [-0.39, 0.29) is 12.3 Å². The zero-order valence-electron chi connectivity index (χ0n) is 12.4. The Labute approximate surface area is 141 Å². The minimum Gasteiger partial charge on any atom is -0.453 e. The molecule has 2 aromatic rings. The molecule has 1 heterocycles. The van der Waals surface area contributed by atoms with Crippen molar-refractivity contribution >= 4 is 29.3 Å². The van der Waals surface area contributed by atoms with Crippen LogP contribution in [0.15, 0.2) is 53.4 Å². The first-order valence-electron chi connectivity index (χ1n) is 7.17. The molecule has 0 saturated carbocycles. The highest BCUT2D eigenvalue weighted by atomic mass is 32.2. The quantitative estimate of drug-likeness (QED) is 0.648. The summed E-state index contributed by atoms with van der Waals surface area (Å²) in [5.74, 6) is -3.33. The van der Waals surface area contributed by atoms with Crippen LogP contribution in [0.25, 0.3) is 0 Å². The standard InChI is InChI=1S/C17H13F2NO3S/c18-17(19)24-11-5-3-4-10(8-11)20-15(21)9-14-12-6-1-2-7-13(12)16(22)23-14/h1-8,14,17H,9H2,(H,20,21)/t14-/m1/s1. The van der Waals surface area contributed by atoms with Crippen LogP contribution in [0.4, 0.5) is 14.5 Å². The van der Waals surface area contributed by atoms with Gasteiger partial charge in [-0.1, -0.05) is 36.0 Å². The van der Waals surface area contributed by atoms with Gasteiger partial charge in [-0.05, 0) is 24.3 Å². The largest absolute Gasteiger partial charge is 0.453 e. The molecule has 0 radical (unpaired) electrons. The second kappa shape index (κ2) is 7.00. The van der Waals surface area contributed by atoms with Crippen molar-refractivity contribution in [2.75, 3.05) is 5.32 Å². The van der Waals surface area contributed by atoms with E-state index in [2.05, 4.69) is 5.32 Å². The fourth-order valence-electron chi connectivity index (χ4n) is 2.50. The van der Waals surface area contributed by atoms with Crippen molar-refractivity contribution in [2.45, 2.75) is 23.2 Å². The number of carbonyl (C=O) groups is 2. The van der Waals surface area contributed by atoms with E-state index in [0.717, 1.165) is 0 Å². The van der Waals surface area contributed by atoms with Crippen molar-refractivity contribution in [2.24, 2.45) is 0 Å². The Balaban J connectivity index is 1.66. The van der Waals surface area contributed by atoms with E-state index in [1.54, 1.807) is 42.5 Å². The number of rotatable bonds is 5. The van der Waals surface area contributed by atoms with Crippen LogP contribution < -0.4 is 5.32 Å². The Morgan fingerprint density at radius 2 is 2.00 bits per heavy atom. The fourth-order valence-corrected chi connectivity index (χ4v) is 3.06. The predicted octanol–water partition coefficient (Wildman–Crippen LogP) is 4.24. The number of cyclic esters (lactones) is 1. The van der Waals surface area contributed by atoms with Gasteiger partial charge in [0, 0.05) is 16.1 Å². The lowest BCUT2D eigenvalue weighted by molar-refractivity contribution is -0.118. The molecule has 24 heavy (non-hydrogen) atoms. The number of ether oxygens (including phenoxy) is 1. The monoisotopic (exact) mass is 349 g/mol. The van der Waals surface area contributed by atoms with E-state index in [9.17, 15) is 18.4 Å². The van der Waals surface area contributed by atoms with E-state index in [1.165, 1.54) is 6.07 Å². The van der Waals surface area contributed by atoms with Crippen molar-refractivity contribution in [3.05, 3.63) is 59.7 Å². The molecule has 3 rings (SSSR count). The van der Waals surface area contributed by atoms with Gasteiger partial charge in [0.2, 0.25) is 5.91 Å². The number of fused-ring (bicyclic) bond motifs is 1. The van der Waals surface area contributed by atoms with Crippen LogP contribution in [-0.2, 0) is 9.53 Å². The van der Waals surface area contributed by atoms with E-state index in [0.29, 0.717) is 33.5 Å². The fraction of sp³-hybridized carbons (Fsp3) is 0.176. The maximum absolute atomic E-state index is 12.4. The van der Waals surface area contributed by atoms with E-state index in [4.69, 9.17) is 4.74 Å². The zero-order valence-corrected chi connectivity index (χ0v) is 13.2. The van der Waals surface area contributed by atoms with Crippen LogP contribution in [0.5, 0.6) is 0 Å². The maximum Gasteiger partial charge on any atom is 0.339 e. The lowest BCUT2D eigenvalue weighted by Crippen LogP contribution is -2.15. The Morgan fingerprint density at radius 3 is 2.79 bits per heavy atom. The van der Waals surface area contributed by atoms with Crippen LogP contribution in [0.2, 0.25) is 0 Å². The van der Waals surface area contributed by atoms with Gasteiger partial charge < -0.3 is 10.1 Å². The number of thioether (sulfide) groups is 1. The second-order valence-electron chi connectivity index (χ2n) is 5.14. The molecule has 0 unspecified atom stereocenters. The Kier molecular flexibility index (Phi) is 4.80. The molecule has 0 spiro atoms. The minimum atomic E-state index is -2.52. The number of amides is 1.